The van der Waals surface area contributed by atoms with Gasteiger partial charge < -0.3 is 14.8 Å². The molecule has 1 aromatic carbocycles. The first kappa shape index (κ1) is 16.8. The quantitative estimate of drug-likeness (QED) is 0.804. The Bertz CT molecular complexity index is 649. The lowest BCUT2D eigenvalue weighted by atomic mass is 10.2. The highest BCUT2D eigenvalue weighted by atomic mass is 32.2. The van der Waals surface area contributed by atoms with Gasteiger partial charge in [0.25, 0.3) is 0 Å². The van der Waals surface area contributed by atoms with Crippen LogP contribution in [0.1, 0.15) is 6.42 Å². The van der Waals surface area contributed by atoms with Gasteiger partial charge in [0.15, 0.2) is 9.84 Å². The topological polar surface area (TPSA) is 105 Å². The van der Waals surface area contributed by atoms with Crippen molar-refractivity contribution >= 4 is 21.4 Å². The van der Waals surface area contributed by atoms with E-state index in [1.165, 1.54) is 20.3 Å². The third-order valence-electron chi connectivity index (χ3n) is 2.56. The Morgan fingerprint density at radius 2 is 2.05 bits per heavy atom. The number of hydrogen-bond donors (Lipinski definition) is 1. The van der Waals surface area contributed by atoms with E-state index in [-0.39, 0.29) is 12.2 Å². The van der Waals surface area contributed by atoms with Crippen LogP contribution in [-0.4, -0.2) is 40.1 Å². The molecule has 7 nitrogen and oxygen atoms in total. The minimum absolute atomic E-state index is 0.141. The second-order valence-electron chi connectivity index (χ2n) is 4.11. The van der Waals surface area contributed by atoms with Gasteiger partial charge in [0.2, 0.25) is 5.91 Å². The van der Waals surface area contributed by atoms with Crippen molar-refractivity contribution in [3.05, 3.63) is 18.2 Å². The number of hydrogen-bond acceptors (Lipinski definition) is 6. The maximum Gasteiger partial charge on any atom is 0.239 e. The third-order valence-corrected chi connectivity index (χ3v) is 4.08. The van der Waals surface area contributed by atoms with Gasteiger partial charge >= 0.3 is 0 Å². The van der Waals surface area contributed by atoms with Crippen LogP contribution in [-0.2, 0) is 14.6 Å². The zero-order valence-corrected chi connectivity index (χ0v) is 12.6. The minimum atomic E-state index is -3.60. The van der Waals surface area contributed by atoms with Gasteiger partial charge in [-0.2, -0.15) is 5.26 Å². The number of sulfone groups is 1. The van der Waals surface area contributed by atoms with E-state index >= 15 is 0 Å². The summed E-state index contributed by atoms with van der Waals surface area (Å²) in [5, 5.41) is 10.8. The van der Waals surface area contributed by atoms with Gasteiger partial charge in [0.1, 0.15) is 17.3 Å². The smallest absolute Gasteiger partial charge is 0.239 e. The number of rotatable bonds is 7. The van der Waals surface area contributed by atoms with Crippen LogP contribution in [0.4, 0.5) is 5.69 Å². The molecule has 21 heavy (non-hydrogen) atoms. The van der Waals surface area contributed by atoms with Gasteiger partial charge in [-0.05, 0) is 12.1 Å². The number of amides is 1. The highest BCUT2D eigenvalue weighted by Gasteiger charge is 2.18. The van der Waals surface area contributed by atoms with Crippen molar-refractivity contribution in [2.24, 2.45) is 0 Å². The molecule has 1 amide bonds. The van der Waals surface area contributed by atoms with E-state index in [0.717, 1.165) is 0 Å². The summed E-state index contributed by atoms with van der Waals surface area (Å²) >= 11 is 0. The second-order valence-corrected chi connectivity index (χ2v) is 6.30. The summed E-state index contributed by atoms with van der Waals surface area (Å²) in [6.45, 7) is 0. The van der Waals surface area contributed by atoms with E-state index in [0.29, 0.717) is 17.2 Å². The standard InChI is InChI=1S/C13H16N2O5S/c1-19-10-4-5-12(20-2)11(8-10)15-13(16)9-21(17,18)7-3-6-14/h4-5,8H,3,7,9H2,1-2H3,(H,15,16). The molecule has 0 aliphatic carbocycles. The fraction of sp³-hybridized carbons (Fsp3) is 0.385. The Labute approximate surface area is 123 Å². The van der Waals surface area contributed by atoms with Crippen molar-refractivity contribution in [1.82, 2.24) is 0 Å². The summed E-state index contributed by atoms with van der Waals surface area (Å²) in [5.41, 5.74) is 0.317. The normalized spacial score (nSPS) is 10.5. The fourth-order valence-electron chi connectivity index (χ4n) is 1.57. The molecule has 1 aromatic rings. The molecule has 0 bridgehead atoms. The first-order valence-electron chi connectivity index (χ1n) is 6.01. The molecule has 0 fully saturated rings. The fourth-order valence-corrected chi connectivity index (χ4v) is 2.59. The summed E-state index contributed by atoms with van der Waals surface area (Å²) in [7, 11) is -0.701. The van der Waals surface area contributed by atoms with Crippen LogP contribution in [0.15, 0.2) is 18.2 Å². The molecule has 0 atom stereocenters. The van der Waals surface area contributed by atoms with E-state index in [1.807, 2.05) is 0 Å². The minimum Gasteiger partial charge on any atom is -0.497 e. The van der Waals surface area contributed by atoms with E-state index in [9.17, 15) is 13.2 Å². The molecule has 0 aromatic heterocycles. The van der Waals surface area contributed by atoms with Crippen molar-refractivity contribution < 1.29 is 22.7 Å². The average Bonchev–Trinajstić information content (AvgIpc) is 2.44. The van der Waals surface area contributed by atoms with Crippen LogP contribution < -0.4 is 14.8 Å². The number of nitrogens with one attached hydrogen (secondary N) is 1. The molecule has 0 saturated heterocycles. The summed E-state index contributed by atoms with van der Waals surface area (Å²) < 4.78 is 33.3. The molecule has 0 saturated carbocycles. The van der Waals surface area contributed by atoms with Crippen LogP contribution in [0.3, 0.4) is 0 Å². The van der Waals surface area contributed by atoms with Crippen molar-refractivity contribution in [2.75, 3.05) is 31.0 Å². The molecule has 114 valence electrons. The zero-order chi connectivity index (χ0) is 15.9. The first-order valence-corrected chi connectivity index (χ1v) is 7.83. The summed E-state index contributed by atoms with van der Waals surface area (Å²) in [4.78, 5) is 11.8. The lowest BCUT2D eigenvalue weighted by Gasteiger charge is -2.11. The van der Waals surface area contributed by atoms with Crippen molar-refractivity contribution in [1.29, 1.82) is 5.26 Å². The number of anilines is 1. The molecule has 0 aliphatic rings. The number of nitrogens with zero attached hydrogens (tertiary/aromatic N) is 1. The number of carbonyl (C=O) groups excluding carboxylic acids is 1. The number of methoxy groups -OCH3 is 2. The summed E-state index contributed by atoms with van der Waals surface area (Å²) in [6.07, 6.45) is -0.141. The predicted molar refractivity (Wildman–Crippen MR) is 77.1 cm³/mol. The average molecular weight is 312 g/mol. The van der Waals surface area contributed by atoms with Crippen LogP contribution in [0, 0.1) is 11.3 Å². The van der Waals surface area contributed by atoms with E-state index in [1.54, 1.807) is 18.2 Å². The largest absolute Gasteiger partial charge is 0.497 e. The molecule has 8 heteroatoms. The van der Waals surface area contributed by atoms with Gasteiger partial charge in [-0.25, -0.2) is 8.42 Å². The Morgan fingerprint density at radius 3 is 2.62 bits per heavy atom. The van der Waals surface area contributed by atoms with Crippen LogP contribution >= 0.6 is 0 Å². The van der Waals surface area contributed by atoms with Crippen molar-refractivity contribution in [2.45, 2.75) is 6.42 Å². The molecule has 0 heterocycles. The molecule has 1 N–H and O–H groups in total. The number of ether oxygens (including phenoxy) is 2. The maximum atomic E-state index is 11.8. The SMILES string of the molecule is COc1ccc(OC)c(NC(=O)CS(=O)(=O)CCC#N)c1. The zero-order valence-electron chi connectivity index (χ0n) is 11.8. The number of benzene rings is 1. The molecular formula is C13H16N2O5S. The number of nitriles is 1. The summed E-state index contributed by atoms with van der Waals surface area (Å²) in [5.74, 6) is -0.835. The molecule has 0 radical (unpaired) electrons. The third kappa shape index (κ3) is 5.31. The van der Waals surface area contributed by atoms with Gasteiger partial charge in [-0.3, -0.25) is 4.79 Å². The van der Waals surface area contributed by atoms with Crippen molar-refractivity contribution in [3.63, 3.8) is 0 Å². The van der Waals surface area contributed by atoms with Gasteiger partial charge in [-0.1, -0.05) is 0 Å². The highest BCUT2D eigenvalue weighted by molar-refractivity contribution is 7.92. The van der Waals surface area contributed by atoms with E-state index < -0.39 is 21.5 Å². The molecule has 0 aliphatic heterocycles. The van der Waals surface area contributed by atoms with Crippen molar-refractivity contribution in [3.8, 4) is 17.6 Å². The highest BCUT2D eigenvalue weighted by Crippen LogP contribution is 2.28. The predicted octanol–water partition coefficient (Wildman–Crippen LogP) is 0.971. The second kappa shape index (κ2) is 7.50. The Kier molecular flexibility index (Phi) is 5.99. The molecule has 0 unspecified atom stereocenters. The van der Waals surface area contributed by atoms with E-state index in [4.69, 9.17) is 14.7 Å². The lowest BCUT2D eigenvalue weighted by molar-refractivity contribution is -0.113. The van der Waals surface area contributed by atoms with Gasteiger partial charge in [-0.15, -0.1) is 0 Å². The molecule has 0 spiro atoms. The van der Waals surface area contributed by atoms with Gasteiger partial charge in [0, 0.05) is 12.5 Å². The Hall–Kier alpha value is -2.27. The number of carbonyl (C=O) groups is 1. The molecular weight excluding hydrogens is 296 g/mol. The lowest BCUT2D eigenvalue weighted by Crippen LogP contribution is -2.24. The molecule has 1 rings (SSSR count). The maximum absolute atomic E-state index is 11.8. The monoisotopic (exact) mass is 312 g/mol. The van der Waals surface area contributed by atoms with Crippen LogP contribution in [0.5, 0.6) is 11.5 Å². The van der Waals surface area contributed by atoms with E-state index in [2.05, 4.69) is 5.32 Å². The Morgan fingerprint density at radius 1 is 1.33 bits per heavy atom. The van der Waals surface area contributed by atoms with Crippen LogP contribution in [0.2, 0.25) is 0 Å². The first-order chi connectivity index (χ1) is 9.91. The Balaban J connectivity index is 2.81. The van der Waals surface area contributed by atoms with Gasteiger partial charge in [0.05, 0.1) is 31.7 Å². The summed E-state index contributed by atoms with van der Waals surface area (Å²) in [6, 6.07) is 6.51. The van der Waals surface area contributed by atoms with Crippen LogP contribution in [0.25, 0.3) is 0 Å².